The molecule has 240 valence electrons. The van der Waals surface area contributed by atoms with Crippen molar-refractivity contribution in [2.75, 3.05) is 0 Å². The van der Waals surface area contributed by atoms with Crippen LogP contribution in [0.3, 0.4) is 0 Å². The van der Waals surface area contributed by atoms with E-state index in [1.165, 1.54) is 27.7 Å². The van der Waals surface area contributed by atoms with Crippen molar-refractivity contribution in [3.8, 4) is 38.8 Å². The third kappa shape index (κ3) is 4.63. The molecule has 0 fully saturated rings. The zero-order valence-electron chi connectivity index (χ0n) is 27.0. The Kier molecular flexibility index (Phi) is 6.56. The summed E-state index contributed by atoms with van der Waals surface area (Å²) in [4.78, 5) is 23.1. The van der Waals surface area contributed by atoms with Crippen molar-refractivity contribution in [1.82, 2.24) is 14.5 Å². The molecule has 0 bridgehead atoms. The van der Waals surface area contributed by atoms with E-state index in [1.807, 2.05) is 66.7 Å². The van der Waals surface area contributed by atoms with Crippen LogP contribution in [0.4, 0.5) is 5.69 Å². The summed E-state index contributed by atoms with van der Waals surface area (Å²) in [5.74, 6) is 0.564. The van der Waals surface area contributed by atoms with Gasteiger partial charge in [-0.25, -0.2) is 9.97 Å². The summed E-state index contributed by atoms with van der Waals surface area (Å²) < 4.78 is 3.00. The van der Waals surface area contributed by atoms with Gasteiger partial charge in [0.05, 0.1) is 32.6 Å². The van der Waals surface area contributed by atoms with E-state index in [1.54, 1.807) is 0 Å². The third-order valence-electron chi connectivity index (χ3n) is 9.74. The van der Waals surface area contributed by atoms with Crippen LogP contribution in [0.1, 0.15) is 0 Å². The molecule has 51 heavy (non-hydrogen) atoms. The molecule has 0 aliphatic carbocycles. The fraction of sp³-hybridized carbons (Fsp3) is 0. The topological polar surface area (TPSA) is 73.8 Å². The molecule has 0 aliphatic rings. The van der Waals surface area contributed by atoms with Gasteiger partial charge in [-0.2, -0.15) is 0 Å². The number of hydrogen-bond donors (Lipinski definition) is 0. The Balaban J connectivity index is 1.15. The number of rotatable bonds is 5. The quantitative estimate of drug-likeness (QED) is 0.134. The van der Waals surface area contributed by atoms with E-state index in [0.29, 0.717) is 16.2 Å². The highest BCUT2D eigenvalue weighted by Gasteiger charge is 2.25. The largest absolute Gasteiger partial charge is 0.295 e. The normalized spacial score (nSPS) is 11.7. The minimum Gasteiger partial charge on any atom is -0.278 e. The Morgan fingerprint density at radius 2 is 1.20 bits per heavy atom. The first-order valence-corrected chi connectivity index (χ1v) is 17.5. The lowest BCUT2D eigenvalue weighted by Crippen LogP contribution is -2.03. The van der Waals surface area contributed by atoms with Crippen LogP contribution in [0.15, 0.2) is 158 Å². The van der Waals surface area contributed by atoms with Gasteiger partial charge in [0, 0.05) is 26.4 Å². The maximum Gasteiger partial charge on any atom is 0.295 e. The van der Waals surface area contributed by atoms with Crippen LogP contribution >= 0.6 is 11.3 Å². The molecule has 3 heterocycles. The molecule has 7 heteroatoms. The number of nitrogens with zero attached hydrogens (tertiary/aromatic N) is 4. The number of benzene rings is 7. The van der Waals surface area contributed by atoms with E-state index in [0.717, 1.165) is 59.8 Å². The van der Waals surface area contributed by atoms with Gasteiger partial charge in [0.25, 0.3) is 5.69 Å². The number of fused-ring (bicyclic) bond motifs is 6. The molecule has 6 nitrogen and oxygen atoms in total. The van der Waals surface area contributed by atoms with E-state index in [-0.39, 0.29) is 10.6 Å². The summed E-state index contributed by atoms with van der Waals surface area (Å²) in [6.07, 6.45) is 0. The van der Waals surface area contributed by atoms with Gasteiger partial charge >= 0.3 is 0 Å². The predicted octanol–water partition coefficient (Wildman–Crippen LogP) is 12.0. The minimum atomic E-state index is -0.263. The van der Waals surface area contributed by atoms with Crippen LogP contribution in [0.25, 0.3) is 92.3 Å². The van der Waals surface area contributed by atoms with E-state index in [2.05, 4.69) is 95.6 Å². The number of hydrogen-bond acceptors (Lipinski definition) is 5. The van der Waals surface area contributed by atoms with Crippen LogP contribution in [-0.2, 0) is 0 Å². The SMILES string of the molecule is O=[N+]([O-])c1c(-c2ccc3c(c2)c2ccccc2n3-c2nc(-c3ccc(-c4cccc5ccccc45)cc3)c3ccccc3n2)sc2ccccc12. The first-order valence-electron chi connectivity index (χ1n) is 16.7. The Bertz CT molecular complexity index is 3010. The molecule has 7 aromatic carbocycles. The second kappa shape index (κ2) is 11.4. The van der Waals surface area contributed by atoms with Gasteiger partial charge in [0.2, 0.25) is 5.95 Å². The lowest BCUT2D eigenvalue weighted by Gasteiger charge is -2.12. The fourth-order valence-electron chi connectivity index (χ4n) is 7.41. The van der Waals surface area contributed by atoms with Crippen molar-refractivity contribution in [1.29, 1.82) is 0 Å². The molecule has 0 spiro atoms. The number of para-hydroxylation sites is 2. The van der Waals surface area contributed by atoms with Crippen LogP contribution < -0.4 is 0 Å². The molecule has 0 amide bonds. The molecule has 10 aromatic rings. The molecule has 0 saturated carbocycles. The van der Waals surface area contributed by atoms with Crippen molar-refractivity contribution in [2.24, 2.45) is 0 Å². The third-order valence-corrected chi connectivity index (χ3v) is 10.9. The standard InChI is InChI=1S/C44H26N4O2S/c49-48(50)42-35-15-5-8-19-40(35)51-43(42)30-24-25-39-36(26-30)33-13-4-7-18-38(33)47(39)44-45-37-17-6-3-14-34(37)41(46-44)29-22-20-28(21-23-29)32-16-9-11-27-10-1-2-12-31(27)32/h1-26H. The minimum absolute atomic E-state index is 0.146. The Morgan fingerprint density at radius 3 is 2.04 bits per heavy atom. The summed E-state index contributed by atoms with van der Waals surface area (Å²) >= 11 is 1.45. The Hall–Kier alpha value is -6.70. The zero-order chi connectivity index (χ0) is 34.1. The molecule has 0 atom stereocenters. The number of nitro groups is 1. The van der Waals surface area contributed by atoms with Crippen molar-refractivity contribution < 1.29 is 4.92 Å². The Labute approximate surface area is 295 Å². The van der Waals surface area contributed by atoms with Crippen LogP contribution in [0.2, 0.25) is 0 Å². The lowest BCUT2D eigenvalue weighted by molar-refractivity contribution is -0.382. The second-order valence-electron chi connectivity index (χ2n) is 12.6. The van der Waals surface area contributed by atoms with Gasteiger partial charge in [-0.05, 0) is 63.9 Å². The fourth-order valence-corrected chi connectivity index (χ4v) is 8.57. The smallest absolute Gasteiger partial charge is 0.278 e. The maximum absolute atomic E-state index is 12.3. The van der Waals surface area contributed by atoms with Crippen molar-refractivity contribution in [3.05, 3.63) is 168 Å². The molecule has 0 saturated heterocycles. The molecule has 0 aliphatic heterocycles. The maximum atomic E-state index is 12.3. The summed E-state index contributed by atoms with van der Waals surface area (Å²) in [5.41, 5.74) is 7.88. The van der Waals surface area contributed by atoms with Crippen LogP contribution in [0.5, 0.6) is 0 Å². The summed E-state index contributed by atoms with van der Waals surface area (Å²) in [7, 11) is 0. The van der Waals surface area contributed by atoms with Gasteiger partial charge in [0.1, 0.15) is 4.88 Å². The molecular formula is C44H26N4O2S. The number of thiophene rings is 1. The van der Waals surface area contributed by atoms with Crippen molar-refractivity contribution in [2.45, 2.75) is 0 Å². The average molecular weight is 675 g/mol. The van der Waals surface area contributed by atoms with Gasteiger partial charge in [-0.15, -0.1) is 11.3 Å². The summed E-state index contributed by atoms with van der Waals surface area (Å²) in [6, 6.07) is 53.4. The van der Waals surface area contributed by atoms with E-state index >= 15 is 0 Å². The molecule has 0 unspecified atom stereocenters. The van der Waals surface area contributed by atoms with Gasteiger partial charge in [-0.3, -0.25) is 14.7 Å². The van der Waals surface area contributed by atoms with Gasteiger partial charge in [-0.1, -0.05) is 121 Å². The average Bonchev–Trinajstić information content (AvgIpc) is 3.74. The second-order valence-corrected chi connectivity index (χ2v) is 13.7. The zero-order valence-corrected chi connectivity index (χ0v) is 27.8. The van der Waals surface area contributed by atoms with Gasteiger partial charge < -0.3 is 0 Å². The molecule has 0 N–H and O–H groups in total. The van der Waals surface area contributed by atoms with Crippen LogP contribution in [0, 0.1) is 10.1 Å². The molecule has 0 radical (unpaired) electrons. The molecule has 3 aromatic heterocycles. The highest BCUT2D eigenvalue weighted by Crippen LogP contribution is 2.45. The molecular weight excluding hydrogens is 649 g/mol. The highest BCUT2D eigenvalue weighted by atomic mass is 32.1. The monoisotopic (exact) mass is 674 g/mol. The predicted molar refractivity (Wildman–Crippen MR) is 210 cm³/mol. The van der Waals surface area contributed by atoms with E-state index in [4.69, 9.17) is 9.97 Å². The van der Waals surface area contributed by atoms with E-state index in [9.17, 15) is 10.1 Å². The van der Waals surface area contributed by atoms with Crippen molar-refractivity contribution >= 4 is 70.6 Å². The highest BCUT2D eigenvalue weighted by molar-refractivity contribution is 7.23. The Morgan fingerprint density at radius 1 is 0.549 bits per heavy atom. The van der Waals surface area contributed by atoms with E-state index < -0.39 is 0 Å². The van der Waals surface area contributed by atoms with Gasteiger partial charge in [0.15, 0.2) is 0 Å². The van der Waals surface area contributed by atoms with Crippen LogP contribution in [-0.4, -0.2) is 19.5 Å². The lowest BCUT2D eigenvalue weighted by atomic mass is 9.96. The van der Waals surface area contributed by atoms with Crippen molar-refractivity contribution in [3.63, 3.8) is 0 Å². The molecule has 10 rings (SSSR count). The first-order chi connectivity index (χ1) is 25.1. The summed E-state index contributed by atoms with van der Waals surface area (Å²) in [6.45, 7) is 0. The summed E-state index contributed by atoms with van der Waals surface area (Å²) in [5, 5.41) is 18.4. The number of aromatic nitrogens is 3. The first kappa shape index (κ1) is 29.2.